The lowest BCUT2D eigenvalue weighted by atomic mass is 10.1. The number of hydrogen-bond acceptors (Lipinski definition) is 4. The standard InChI is InChI=1S/C14H22N2O3/c1-18-12-5-3-11(4-6-12)7-8-16-14(17)9-13(10-15)19-2/h3-6,13H,7-10,15H2,1-2H3,(H,16,17). The van der Waals surface area contributed by atoms with E-state index < -0.39 is 0 Å². The molecule has 1 amide bonds. The number of methoxy groups -OCH3 is 2. The van der Waals surface area contributed by atoms with Gasteiger partial charge in [0, 0.05) is 20.2 Å². The molecule has 0 fully saturated rings. The van der Waals surface area contributed by atoms with E-state index in [2.05, 4.69) is 5.32 Å². The van der Waals surface area contributed by atoms with Crippen LogP contribution in [0, 0.1) is 0 Å². The second-order valence-electron chi connectivity index (χ2n) is 4.25. The van der Waals surface area contributed by atoms with Gasteiger partial charge in [0.25, 0.3) is 0 Å². The van der Waals surface area contributed by atoms with Crippen molar-refractivity contribution in [2.24, 2.45) is 5.73 Å². The Morgan fingerprint density at radius 2 is 2.00 bits per heavy atom. The molecule has 0 saturated carbocycles. The van der Waals surface area contributed by atoms with Crippen LogP contribution in [0.5, 0.6) is 5.75 Å². The van der Waals surface area contributed by atoms with Crippen LogP contribution in [-0.4, -0.2) is 39.3 Å². The highest BCUT2D eigenvalue weighted by molar-refractivity contribution is 5.76. The van der Waals surface area contributed by atoms with E-state index in [1.807, 2.05) is 24.3 Å². The Bertz CT molecular complexity index is 375. The van der Waals surface area contributed by atoms with Gasteiger partial charge in [-0.2, -0.15) is 0 Å². The van der Waals surface area contributed by atoms with Crippen LogP contribution in [0.1, 0.15) is 12.0 Å². The molecule has 1 rings (SSSR count). The predicted molar refractivity (Wildman–Crippen MR) is 74.2 cm³/mol. The van der Waals surface area contributed by atoms with Gasteiger partial charge in [-0.25, -0.2) is 0 Å². The van der Waals surface area contributed by atoms with Crippen LogP contribution in [-0.2, 0) is 16.0 Å². The van der Waals surface area contributed by atoms with Crippen molar-refractivity contribution in [2.45, 2.75) is 18.9 Å². The number of benzene rings is 1. The van der Waals surface area contributed by atoms with E-state index in [0.717, 1.165) is 17.7 Å². The number of nitrogens with one attached hydrogen (secondary N) is 1. The topological polar surface area (TPSA) is 73.6 Å². The summed E-state index contributed by atoms with van der Waals surface area (Å²) in [6, 6.07) is 7.80. The summed E-state index contributed by atoms with van der Waals surface area (Å²) in [7, 11) is 3.20. The van der Waals surface area contributed by atoms with Crippen molar-refractivity contribution >= 4 is 5.91 Å². The summed E-state index contributed by atoms with van der Waals surface area (Å²) in [5.41, 5.74) is 6.62. The van der Waals surface area contributed by atoms with Crippen molar-refractivity contribution in [3.05, 3.63) is 29.8 Å². The Morgan fingerprint density at radius 3 is 2.53 bits per heavy atom. The zero-order chi connectivity index (χ0) is 14.1. The number of amides is 1. The smallest absolute Gasteiger partial charge is 0.222 e. The summed E-state index contributed by atoms with van der Waals surface area (Å²) in [4.78, 5) is 11.6. The molecule has 0 aliphatic rings. The molecule has 0 saturated heterocycles. The van der Waals surface area contributed by atoms with Gasteiger partial charge >= 0.3 is 0 Å². The highest BCUT2D eigenvalue weighted by atomic mass is 16.5. The molecule has 0 aromatic heterocycles. The number of rotatable bonds is 8. The quantitative estimate of drug-likeness (QED) is 0.727. The van der Waals surface area contributed by atoms with Gasteiger partial charge in [0.1, 0.15) is 5.75 Å². The molecule has 1 unspecified atom stereocenters. The molecule has 1 aromatic rings. The fourth-order valence-electron chi connectivity index (χ4n) is 1.68. The molecule has 0 aliphatic heterocycles. The minimum atomic E-state index is -0.207. The maximum Gasteiger partial charge on any atom is 0.222 e. The molecular formula is C14H22N2O3. The molecule has 3 N–H and O–H groups in total. The molecular weight excluding hydrogens is 244 g/mol. The zero-order valence-corrected chi connectivity index (χ0v) is 11.5. The molecule has 1 atom stereocenters. The lowest BCUT2D eigenvalue weighted by Gasteiger charge is -2.12. The molecule has 0 heterocycles. The molecule has 0 aliphatic carbocycles. The number of ether oxygens (including phenoxy) is 2. The minimum Gasteiger partial charge on any atom is -0.497 e. The van der Waals surface area contributed by atoms with E-state index in [1.165, 1.54) is 0 Å². The second kappa shape index (κ2) is 8.50. The molecule has 5 nitrogen and oxygen atoms in total. The number of nitrogens with two attached hydrogens (primary N) is 1. The maximum atomic E-state index is 11.6. The first-order valence-electron chi connectivity index (χ1n) is 6.32. The van der Waals surface area contributed by atoms with Crippen LogP contribution < -0.4 is 15.8 Å². The first-order chi connectivity index (χ1) is 9.19. The van der Waals surface area contributed by atoms with E-state index >= 15 is 0 Å². The van der Waals surface area contributed by atoms with Crippen molar-refractivity contribution < 1.29 is 14.3 Å². The van der Waals surface area contributed by atoms with E-state index in [0.29, 0.717) is 19.5 Å². The van der Waals surface area contributed by atoms with E-state index in [4.69, 9.17) is 15.2 Å². The highest BCUT2D eigenvalue weighted by Crippen LogP contribution is 2.11. The SMILES string of the molecule is COc1ccc(CCNC(=O)CC(CN)OC)cc1. The van der Waals surface area contributed by atoms with Crippen molar-refractivity contribution in [2.75, 3.05) is 27.3 Å². The third-order valence-corrected chi connectivity index (χ3v) is 2.90. The summed E-state index contributed by atoms with van der Waals surface area (Å²) < 4.78 is 10.1. The van der Waals surface area contributed by atoms with Crippen molar-refractivity contribution in [1.29, 1.82) is 0 Å². The Morgan fingerprint density at radius 1 is 1.32 bits per heavy atom. The van der Waals surface area contributed by atoms with Crippen molar-refractivity contribution in [1.82, 2.24) is 5.32 Å². The lowest BCUT2D eigenvalue weighted by Crippen LogP contribution is -2.33. The van der Waals surface area contributed by atoms with Crippen LogP contribution in [0.3, 0.4) is 0 Å². The maximum absolute atomic E-state index is 11.6. The monoisotopic (exact) mass is 266 g/mol. The minimum absolute atomic E-state index is 0.0363. The Kier molecular flexibility index (Phi) is 6.92. The molecule has 0 bridgehead atoms. The molecule has 19 heavy (non-hydrogen) atoms. The summed E-state index contributed by atoms with van der Waals surface area (Å²) in [5, 5.41) is 2.85. The van der Waals surface area contributed by atoms with Crippen molar-refractivity contribution in [3.63, 3.8) is 0 Å². The normalized spacial score (nSPS) is 11.9. The van der Waals surface area contributed by atoms with Gasteiger partial charge < -0.3 is 20.5 Å². The van der Waals surface area contributed by atoms with Crippen LogP contribution in [0.15, 0.2) is 24.3 Å². The summed E-state index contributed by atoms with van der Waals surface area (Å²) in [6.07, 6.45) is 0.881. The number of hydrogen-bond donors (Lipinski definition) is 2. The zero-order valence-electron chi connectivity index (χ0n) is 11.5. The van der Waals surface area contributed by atoms with Crippen molar-refractivity contribution in [3.8, 4) is 5.75 Å². The largest absolute Gasteiger partial charge is 0.497 e. The lowest BCUT2D eigenvalue weighted by molar-refractivity contribution is -0.123. The fourth-order valence-corrected chi connectivity index (χ4v) is 1.68. The fraction of sp³-hybridized carbons (Fsp3) is 0.500. The molecule has 106 valence electrons. The number of carbonyl (C=O) groups excluding carboxylic acids is 1. The van der Waals surface area contributed by atoms with Gasteiger partial charge in [-0.1, -0.05) is 12.1 Å². The van der Waals surface area contributed by atoms with Gasteiger partial charge in [-0.05, 0) is 24.1 Å². The first kappa shape index (κ1) is 15.5. The van der Waals surface area contributed by atoms with Gasteiger partial charge in [0.2, 0.25) is 5.91 Å². The summed E-state index contributed by atoms with van der Waals surface area (Å²) in [6.45, 7) is 0.953. The number of carbonyl (C=O) groups is 1. The Hall–Kier alpha value is -1.59. The van der Waals surface area contributed by atoms with Gasteiger partial charge in [-0.15, -0.1) is 0 Å². The molecule has 5 heteroatoms. The Balaban J connectivity index is 2.27. The van der Waals surface area contributed by atoms with E-state index in [9.17, 15) is 4.79 Å². The predicted octanol–water partition coefficient (Wildman–Crippen LogP) is 0.718. The third-order valence-electron chi connectivity index (χ3n) is 2.90. The average molecular weight is 266 g/mol. The van der Waals surface area contributed by atoms with Gasteiger partial charge in [0.05, 0.1) is 19.6 Å². The van der Waals surface area contributed by atoms with Crippen LogP contribution >= 0.6 is 0 Å². The van der Waals surface area contributed by atoms with E-state index in [-0.39, 0.29) is 12.0 Å². The molecule has 0 radical (unpaired) electrons. The third kappa shape index (κ3) is 5.72. The second-order valence-corrected chi connectivity index (χ2v) is 4.25. The van der Waals surface area contributed by atoms with E-state index in [1.54, 1.807) is 14.2 Å². The molecule has 1 aromatic carbocycles. The van der Waals surface area contributed by atoms with Crippen LogP contribution in [0.25, 0.3) is 0 Å². The average Bonchev–Trinajstić information content (AvgIpc) is 2.45. The van der Waals surface area contributed by atoms with Crippen LogP contribution in [0.2, 0.25) is 0 Å². The highest BCUT2D eigenvalue weighted by Gasteiger charge is 2.10. The summed E-state index contributed by atoms with van der Waals surface area (Å²) in [5.74, 6) is 0.796. The first-order valence-corrected chi connectivity index (χ1v) is 6.32. The summed E-state index contributed by atoms with van der Waals surface area (Å²) >= 11 is 0. The van der Waals surface area contributed by atoms with Gasteiger partial charge in [0.15, 0.2) is 0 Å². The Labute approximate surface area is 114 Å². The van der Waals surface area contributed by atoms with Gasteiger partial charge in [-0.3, -0.25) is 4.79 Å². The molecule has 0 spiro atoms. The van der Waals surface area contributed by atoms with Crippen LogP contribution in [0.4, 0.5) is 0 Å².